The van der Waals surface area contributed by atoms with Crippen LogP contribution >= 0.6 is 0 Å². The SMILES string of the molecule is CNc1cc(C(=O)NC(C2CCNCC2)C2CC(O)C2)ccn1. The van der Waals surface area contributed by atoms with Crippen molar-refractivity contribution in [2.45, 2.75) is 37.8 Å². The number of aromatic nitrogens is 1. The molecule has 1 saturated carbocycles. The van der Waals surface area contributed by atoms with Crippen LogP contribution in [0.25, 0.3) is 0 Å². The van der Waals surface area contributed by atoms with Crippen molar-refractivity contribution < 1.29 is 9.90 Å². The minimum absolute atomic E-state index is 0.0474. The second-order valence-corrected chi connectivity index (χ2v) is 6.65. The molecule has 23 heavy (non-hydrogen) atoms. The Morgan fingerprint density at radius 1 is 1.35 bits per heavy atom. The van der Waals surface area contributed by atoms with Gasteiger partial charge in [0, 0.05) is 24.8 Å². The largest absolute Gasteiger partial charge is 0.393 e. The molecule has 1 aliphatic carbocycles. The second-order valence-electron chi connectivity index (χ2n) is 6.65. The number of anilines is 1. The van der Waals surface area contributed by atoms with Gasteiger partial charge in [0.1, 0.15) is 5.82 Å². The third-order valence-electron chi connectivity index (χ3n) is 5.13. The summed E-state index contributed by atoms with van der Waals surface area (Å²) < 4.78 is 0. The molecule has 2 fully saturated rings. The summed E-state index contributed by atoms with van der Waals surface area (Å²) in [5, 5.41) is 19.2. The van der Waals surface area contributed by atoms with Crippen molar-refractivity contribution in [3.8, 4) is 0 Å². The second kappa shape index (κ2) is 7.27. The van der Waals surface area contributed by atoms with E-state index in [0.717, 1.165) is 38.8 Å². The van der Waals surface area contributed by atoms with E-state index in [2.05, 4.69) is 20.9 Å². The molecule has 1 amide bonds. The maximum absolute atomic E-state index is 12.6. The van der Waals surface area contributed by atoms with E-state index in [-0.39, 0.29) is 18.1 Å². The topological polar surface area (TPSA) is 86.3 Å². The van der Waals surface area contributed by atoms with E-state index in [4.69, 9.17) is 0 Å². The van der Waals surface area contributed by atoms with Gasteiger partial charge in [-0.3, -0.25) is 4.79 Å². The lowest BCUT2D eigenvalue weighted by Gasteiger charge is -2.43. The molecule has 1 saturated heterocycles. The maximum Gasteiger partial charge on any atom is 0.251 e. The Kier molecular flexibility index (Phi) is 5.13. The van der Waals surface area contributed by atoms with E-state index in [1.165, 1.54) is 0 Å². The molecule has 2 heterocycles. The van der Waals surface area contributed by atoms with Crippen LogP contribution in [0.1, 0.15) is 36.0 Å². The number of carbonyl (C=O) groups excluding carboxylic acids is 1. The molecule has 1 unspecified atom stereocenters. The molecular formula is C17H26N4O2. The fourth-order valence-electron chi connectivity index (χ4n) is 3.69. The van der Waals surface area contributed by atoms with Gasteiger partial charge in [0.15, 0.2) is 0 Å². The molecule has 1 aromatic rings. The number of nitrogens with zero attached hydrogens (tertiary/aromatic N) is 1. The molecule has 0 radical (unpaired) electrons. The lowest BCUT2D eigenvalue weighted by Crippen LogP contribution is -2.52. The van der Waals surface area contributed by atoms with Crippen molar-refractivity contribution in [2.75, 3.05) is 25.5 Å². The lowest BCUT2D eigenvalue weighted by molar-refractivity contribution is 0.00919. The zero-order valence-corrected chi connectivity index (χ0v) is 13.6. The number of pyridine rings is 1. The molecule has 1 aliphatic heterocycles. The summed E-state index contributed by atoms with van der Waals surface area (Å²) in [7, 11) is 1.79. The van der Waals surface area contributed by atoms with E-state index in [1.807, 2.05) is 0 Å². The minimum atomic E-state index is -0.196. The molecule has 6 nitrogen and oxygen atoms in total. The van der Waals surface area contributed by atoms with Crippen molar-refractivity contribution in [3.05, 3.63) is 23.9 Å². The first-order chi connectivity index (χ1) is 11.2. The summed E-state index contributed by atoms with van der Waals surface area (Å²) in [4.78, 5) is 16.8. The number of amides is 1. The lowest BCUT2D eigenvalue weighted by atomic mass is 9.71. The molecule has 0 bridgehead atoms. The number of nitrogens with one attached hydrogen (secondary N) is 3. The van der Waals surface area contributed by atoms with E-state index >= 15 is 0 Å². The van der Waals surface area contributed by atoms with Crippen LogP contribution in [0.2, 0.25) is 0 Å². The van der Waals surface area contributed by atoms with Crippen LogP contribution in [0, 0.1) is 11.8 Å². The molecule has 6 heteroatoms. The fraction of sp³-hybridized carbons (Fsp3) is 0.647. The molecule has 2 aliphatic rings. The van der Waals surface area contributed by atoms with Crippen LogP contribution in [0.5, 0.6) is 0 Å². The number of hydrogen-bond donors (Lipinski definition) is 4. The zero-order chi connectivity index (χ0) is 16.2. The summed E-state index contributed by atoms with van der Waals surface area (Å²) >= 11 is 0. The highest BCUT2D eigenvalue weighted by Crippen LogP contribution is 2.35. The van der Waals surface area contributed by atoms with Gasteiger partial charge in [-0.15, -0.1) is 0 Å². The molecule has 3 rings (SSSR count). The molecular weight excluding hydrogens is 292 g/mol. The van der Waals surface area contributed by atoms with Crippen molar-refractivity contribution in [1.82, 2.24) is 15.6 Å². The third-order valence-corrected chi connectivity index (χ3v) is 5.13. The van der Waals surface area contributed by atoms with Crippen LogP contribution in [0.15, 0.2) is 18.3 Å². The van der Waals surface area contributed by atoms with Crippen LogP contribution in [0.4, 0.5) is 5.82 Å². The zero-order valence-electron chi connectivity index (χ0n) is 13.6. The predicted molar refractivity (Wildman–Crippen MR) is 89.4 cm³/mol. The van der Waals surface area contributed by atoms with Crippen molar-refractivity contribution in [3.63, 3.8) is 0 Å². The van der Waals surface area contributed by atoms with Crippen LogP contribution < -0.4 is 16.0 Å². The highest BCUT2D eigenvalue weighted by Gasteiger charge is 2.39. The van der Waals surface area contributed by atoms with E-state index in [1.54, 1.807) is 25.4 Å². The van der Waals surface area contributed by atoms with E-state index in [9.17, 15) is 9.90 Å². The molecule has 0 spiro atoms. The monoisotopic (exact) mass is 318 g/mol. The average Bonchev–Trinajstić information content (AvgIpc) is 2.58. The van der Waals surface area contributed by atoms with Crippen LogP contribution in [-0.4, -0.2) is 48.3 Å². The number of piperidine rings is 1. The first-order valence-corrected chi connectivity index (χ1v) is 8.51. The molecule has 0 aromatic carbocycles. The Morgan fingerprint density at radius 3 is 2.74 bits per heavy atom. The van der Waals surface area contributed by atoms with Gasteiger partial charge in [0.2, 0.25) is 0 Å². The number of carbonyl (C=O) groups is 1. The van der Waals surface area contributed by atoms with E-state index in [0.29, 0.717) is 23.2 Å². The summed E-state index contributed by atoms with van der Waals surface area (Å²) in [5.74, 6) is 1.52. The van der Waals surface area contributed by atoms with Gasteiger partial charge in [-0.05, 0) is 62.7 Å². The maximum atomic E-state index is 12.6. The highest BCUT2D eigenvalue weighted by molar-refractivity contribution is 5.95. The Labute approximate surface area is 137 Å². The smallest absolute Gasteiger partial charge is 0.251 e. The van der Waals surface area contributed by atoms with Gasteiger partial charge < -0.3 is 21.1 Å². The summed E-state index contributed by atoms with van der Waals surface area (Å²) in [5.41, 5.74) is 0.628. The molecule has 126 valence electrons. The summed E-state index contributed by atoms with van der Waals surface area (Å²) in [6.07, 6.45) is 5.21. The van der Waals surface area contributed by atoms with Crippen LogP contribution in [0.3, 0.4) is 0 Å². The highest BCUT2D eigenvalue weighted by atomic mass is 16.3. The van der Waals surface area contributed by atoms with Gasteiger partial charge in [0.25, 0.3) is 5.91 Å². The fourth-order valence-corrected chi connectivity index (χ4v) is 3.69. The third kappa shape index (κ3) is 3.82. The number of hydrogen-bond acceptors (Lipinski definition) is 5. The summed E-state index contributed by atoms with van der Waals surface area (Å²) in [6, 6.07) is 3.66. The number of rotatable bonds is 5. The molecule has 1 aromatic heterocycles. The average molecular weight is 318 g/mol. The molecule has 1 atom stereocenters. The van der Waals surface area contributed by atoms with Gasteiger partial charge in [-0.25, -0.2) is 4.98 Å². The van der Waals surface area contributed by atoms with Gasteiger partial charge >= 0.3 is 0 Å². The standard InChI is InChI=1S/C17H26N4O2/c1-18-15-10-12(4-7-20-15)17(23)21-16(13-8-14(22)9-13)11-2-5-19-6-3-11/h4,7,10-11,13-14,16,19,22H,2-3,5-6,8-9H2,1H3,(H,18,20)(H,21,23). The van der Waals surface area contributed by atoms with Gasteiger partial charge in [-0.1, -0.05) is 0 Å². The van der Waals surface area contributed by atoms with Crippen LogP contribution in [-0.2, 0) is 0 Å². The Hall–Kier alpha value is -1.66. The van der Waals surface area contributed by atoms with E-state index < -0.39 is 0 Å². The van der Waals surface area contributed by atoms with Gasteiger partial charge in [-0.2, -0.15) is 0 Å². The Balaban J connectivity index is 1.70. The first-order valence-electron chi connectivity index (χ1n) is 8.51. The van der Waals surface area contributed by atoms with Crippen molar-refractivity contribution in [1.29, 1.82) is 0 Å². The quantitative estimate of drug-likeness (QED) is 0.650. The Bertz CT molecular complexity index is 539. The Morgan fingerprint density at radius 2 is 2.09 bits per heavy atom. The number of aliphatic hydroxyl groups excluding tert-OH is 1. The summed E-state index contributed by atoms with van der Waals surface area (Å²) in [6.45, 7) is 2.01. The normalized spacial score (nSPS) is 26.2. The van der Waals surface area contributed by atoms with Gasteiger partial charge in [0.05, 0.1) is 6.10 Å². The van der Waals surface area contributed by atoms with Crippen molar-refractivity contribution in [2.24, 2.45) is 11.8 Å². The first kappa shape index (κ1) is 16.2. The number of aliphatic hydroxyl groups is 1. The predicted octanol–water partition coefficient (Wildman–Crippen LogP) is 0.992. The van der Waals surface area contributed by atoms with Crippen molar-refractivity contribution >= 4 is 11.7 Å². The minimum Gasteiger partial charge on any atom is -0.393 e. The molecule has 4 N–H and O–H groups in total.